The van der Waals surface area contributed by atoms with Crippen LogP contribution >= 0.6 is 0 Å². The Hall–Kier alpha value is -1.58. The third-order valence-electron chi connectivity index (χ3n) is 2.20. The predicted molar refractivity (Wildman–Crippen MR) is 68.9 cm³/mol. The van der Waals surface area contributed by atoms with E-state index in [1.807, 2.05) is 49.4 Å². The van der Waals surface area contributed by atoms with Crippen molar-refractivity contribution in [3.05, 3.63) is 60.3 Å². The summed E-state index contributed by atoms with van der Waals surface area (Å²) in [7, 11) is 1.80. The van der Waals surface area contributed by atoms with Crippen molar-refractivity contribution in [3.63, 3.8) is 0 Å². The number of hydrogen-bond donors (Lipinski definition) is 0. The van der Waals surface area contributed by atoms with E-state index in [0.29, 0.717) is 6.61 Å². The molecule has 92 valence electrons. The zero-order valence-electron chi connectivity index (χ0n) is 10.4. The molecule has 0 aromatic heterocycles. The number of allylic oxidation sites excluding steroid dienone is 2. The number of likely N-dealkylation sites (N-methyl/N-ethyl adjacent to an activating group) is 1. The van der Waals surface area contributed by atoms with Crippen LogP contribution in [0.25, 0.3) is 0 Å². The lowest BCUT2D eigenvalue weighted by Gasteiger charge is -2.18. The van der Waals surface area contributed by atoms with Crippen LogP contribution < -0.4 is 0 Å². The highest BCUT2D eigenvalue weighted by atomic mass is 16.8. The fourth-order valence-corrected chi connectivity index (χ4v) is 1.23. The van der Waals surface area contributed by atoms with Gasteiger partial charge in [-0.05, 0) is 18.6 Å². The first-order chi connectivity index (χ1) is 8.24. The van der Waals surface area contributed by atoms with Crippen molar-refractivity contribution in [2.75, 3.05) is 13.8 Å². The Morgan fingerprint density at radius 1 is 1.35 bits per heavy atom. The van der Waals surface area contributed by atoms with Crippen LogP contribution in [-0.2, 0) is 16.2 Å². The molecule has 0 amide bonds. The first kappa shape index (κ1) is 13.5. The fraction of sp³-hybridized carbons (Fsp3) is 0.286. The Balaban J connectivity index is 2.18. The molecule has 1 aromatic rings. The zero-order chi connectivity index (χ0) is 12.5. The van der Waals surface area contributed by atoms with E-state index in [-0.39, 0.29) is 6.79 Å². The summed E-state index contributed by atoms with van der Waals surface area (Å²) >= 11 is 0. The van der Waals surface area contributed by atoms with Gasteiger partial charge >= 0.3 is 0 Å². The highest BCUT2D eigenvalue weighted by Gasteiger charge is 1.98. The lowest BCUT2D eigenvalue weighted by atomic mass is 10.2. The van der Waals surface area contributed by atoms with E-state index in [2.05, 4.69) is 6.58 Å². The summed E-state index contributed by atoms with van der Waals surface area (Å²) in [5.74, 6) is 0. The Kier molecular flexibility index (Phi) is 6.07. The second-order valence-corrected chi connectivity index (χ2v) is 3.57. The molecule has 3 nitrogen and oxygen atoms in total. The molecule has 0 spiro atoms. The summed E-state index contributed by atoms with van der Waals surface area (Å²) in [5, 5.41) is 1.59. The van der Waals surface area contributed by atoms with Crippen molar-refractivity contribution >= 4 is 0 Å². The maximum atomic E-state index is 5.39. The summed E-state index contributed by atoms with van der Waals surface area (Å²) < 4.78 is 5.39. The third-order valence-corrected chi connectivity index (χ3v) is 2.20. The van der Waals surface area contributed by atoms with Gasteiger partial charge in [-0.25, -0.2) is 4.84 Å². The molecular weight excluding hydrogens is 214 g/mol. The van der Waals surface area contributed by atoms with Gasteiger partial charge in [0, 0.05) is 7.05 Å². The topological polar surface area (TPSA) is 21.7 Å². The van der Waals surface area contributed by atoms with Crippen molar-refractivity contribution in [1.29, 1.82) is 0 Å². The van der Waals surface area contributed by atoms with Crippen LogP contribution in [0.15, 0.2) is 54.8 Å². The monoisotopic (exact) mass is 233 g/mol. The average molecular weight is 233 g/mol. The molecule has 0 bridgehead atoms. The second kappa shape index (κ2) is 7.65. The van der Waals surface area contributed by atoms with Gasteiger partial charge in [-0.15, -0.1) is 0 Å². The maximum Gasteiger partial charge on any atom is 0.173 e. The van der Waals surface area contributed by atoms with Crippen molar-refractivity contribution in [2.45, 2.75) is 13.5 Å². The maximum absolute atomic E-state index is 5.39. The van der Waals surface area contributed by atoms with E-state index in [4.69, 9.17) is 9.57 Å². The Morgan fingerprint density at radius 2 is 2.06 bits per heavy atom. The van der Waals surface area contributed by atoms with Crippen molar-refractivity contribution in [3.8, 4) is 0 Å². The summed E-state index contributed by atoms with van der Waals surface area (Å²) in [5.41, 5.74) is 1.92. The van der Waals surface area contributed by atoms with Gasteiger partial charge in [-0.3, -0.25) is 5.06 Å². The van der Waals surface area contributed by atoms with Crippen LogP contribution in [0.5, 0.6) is 0 Å². The number of rotatable bonds is 7. The standard InChI is InChI=1S/C14H19NO2/c1-4-8-13(2)15(3)17-12-16-11-14-9-6-5-7-10-14/h4-10H,2,11-12H2,1,3H3. The molecule has 1 aromatic carbocycles. The summed E-state index contributed by atoms with van der Waals surface area (Å²) in [4.78, 5) is 5.34. The minimum atomic E-state index is 0.210. The van der Waals surface area contributed by atoms with Crippen LogP contribution in [-0.4, -0.2) is 18.9 Å². The highest BCUT2D eigenvalue weighted by molar-refractivity contribution is 5.13. The largest absolute Gasteiger partial charge is 0.348 e. The lowest BCUT2D eigenvalue weighted by molar-refractivity contribution is -0.194. The van der Waals surface area contributed by atoms with E-state index >= 15 is 0 Å². The van der Waals surface area contributed by atoms with Gasteiger partial charge in [0.1, 0.15) is 0 Å². The molecule has 0 N–H and O–H groups in total. The van der Waals surface area contributed by atoms with Gasteiger partial charge in [0.25, 0.3) is 0 Å². The zero-order valence-corrected chi connectivity index (χ0v) is 10.4. The van der Waals surface area contributed by atoms with Gasteiger partial charge in [-0.1, -0.05) is 43.0 Å². The summed E-state index contributed by atoms with van der Waals surface area (Å²) in [6.07, 6.45) is 3.78. The summed E-state index contributed by atoms with van der Waals surface area (Å²) in [6, 6.07) is 9.99. The van der Waals surface area contributed by atoms with Crippen molar-refractivity contribution < 1.29 is 9.57 Å². The number of hydroxylamine groups is 2. The van der Waals surface area contributed by atoms with Crippen LogP contribution in [0.1, 0.15) is 12.5 Å². The molecule has 0 atom stereocenters. The number of benzene rings is 1. The Labute approximate surface area is 103 Å². The van der Waals surface area contributed by atoms with Crippen LogP contribution in [0.2, 0.25) is 0 Å². The van der Waals surface area contributed by atoms with Gasteiger partial charge < -0.3 is 4.74 Å². The minimum Gasteiger partial charge on any atom is -0.348 e. The van der Waals surface area contributed by atoms with Crippen molar-refractivity contribution in [1.82, 2.24) is 5.06 Å². The first-order valence-electron chi connectivity index (χ1n) is 5.54. The average Bonchev–Trinajstić information content (AvgIpc) is 2.36. The molecule has 0 saturated carbocycles. The Bertz CT molecular complexity index is 360. The van der Waals surface area contributed by atoms with Crippen molar-refractivity contribution in [2.24, 2.45) is 0 Å². The van der Waals surface area contributed by atoms with Gasteiger partial charge in [0.05, 0.1) is 12.3 Å². The van der Waals surface area contributed by atoms with Crippen LogP contribution in [0.3, 0.4) is 0 Å². The molecule has 0 unspecified atom stereocenters. The number of nitrogens with zero attached hydrogens (tertiary/aromatic N) is 1. The molecule has 0 aliphatic carbocycles. The number of hydrogen-bond acceptors (Lipinski definition) is 3. The predicted octanol–water partition coefficient (Wildman–Crippen LogP) is 3.11. The van der Waals surface area contributed by atoms with Crippen LogP contribution in [0, 0.1) is 0 Å². The molecule has 0 aliphatic heterocycles. The van der Waals surface area contributed by atoms with Crippen LogP contribution in [0.4, 0.5) is 0 Å². The molecular formula is C14H19NO2. The SMILES string of the molecule is C=C(C=CC)N(C)OCOCc1ccccc1. The Morgan fingerprint density at radius 3 is 2.71 bits per heavy atom. The van der Waals surface area contributed by atoms with E-state index in [1.54, 1.807) is 12.1 Å². The highest BCUT2D eigenvalue weighted by Crippen LogP contribution is 2.03. The molecule has 0 radical (unpaired) electrons. The van der Waals surface area contributed by atoms with Gasteiger partial charge in [0.2, 0.25) is 0 Å². The molecule has 0 fully saturated rings. The molecule has 0 aliphatic rings. The number of ether oxygens (including phenoxy) is 1. The van der Waals surface area contributed by atoms with Gasteiger partial charge in [-0.2, -0.15) is 0 Å². The lowest BCUT2D eigenvalue weighted by Crippen LogP contribution is -2.18. The first-order valence-corrected chi connectivity index (χ1v) is 5.54. The van der Waals surface area contributed by atoms with E-state index in [0.717, 1.165) is 11.3 Å². The smallest absolute Gasteiger partial charge is 0.173 e. The van der Waals surface area contributed by atoms with E-state index in [1.165, 1.54) is 0 Å². The normalized spacial score (nSPS) is 10.7. The summed E-state index contributed by atoms with van der Waals surface area (Å²) in [6.45, 7) is 6.53. The fourth-order valence-electron chi connectivity index (χ4n) is 1.23. The molecule has 1 rings (SSSR count). The molecule has 3 heteroatoms. The molecule has 0 heterocycles. The van der Waals surface area contributed by atoms with Gasteiger partial charge in [0.15, 0.2) is 6.79 Å². The van der Waals surface area contributed by atoms with E-state index < -0.39 is 0 Å². The van der Waals surface area contributed by atoms with E-state index in [9.17, 15) is 0 Å². The second-order valence-electron chi connectivity index (χ2n) is 3.57. The molecule has 0 saturated heterocycles. The minimum absolute atomic E-state index is 0.210. The quantitative estimate of drug-likeness (QED) is 0.312. The third kappa shape index (κ3) is 5.33. The molecule has 17 heavy (non-hydrogen) atoms.